The molecule has 0 saturated carbocycles. The molecular weight excluding hydrogens is 267 g/mol. The fourth-order valence-electron chi connectivity index (χ4n) is 2.20. The molecule has 0 spiro atoms. The van der Waals surface area contributed by atoms with E-state index in [1.807, 2.05) is 0 Å². The Kier molecular flexibility index (Phi) is 14.1. The van der Waals surface area contributed by atoms with E-state index in [9.17, 15) is 9.59 Å². The third kappa shape index (κ3) is 16.0. The van der Waals surface area contributed by atoms with Gasteiger partial charge in [0.15, 0.2) is 0 Å². The topological polar surface area (TPSA) is 74.6 Å². The van der Waals surface area contributed by atoms with Crippen molar-refractivity contribution < 1.29 is 19.8 Å². The van der Waals surface area contributed by atoms with Crippen molar-refractivity contribution in [2.75, 3.05) is 0 Å². The van der Waals surface area contributed by atoms with Gasteiger partial charge in [0.25, 0.3) is 0 Å². The first-order valence-corrected chi connectivity index (χ1v) is 9.00. The maximum atomic E-state index is 9.43. The Morgan fingerprint density at radius 2 is 1.55 bits per heavy atom. The van der Waals surface area contributed by atoms with Crippen LogP contribution in [0.15, 0.2) is 0 Å². The van der Waals surface area contributed by atoms with Gasteiger partial charge in [-0.05, 0) is 0 Å². The minimum Gasteiger partial charge on any atom is -0.481 e. The third-order valence-electron chi connectivity index (χ3n) is 3.43. The largest absolute Gasteiger partial charge is 0.481 e. The van der Waals surface area contributed by atoms with Crippen molar-refractivity contribution in [3.05, 3.63) is 0 Å². The van der Waals surface area contributed by atoms with Gasteiger partial charge in [-0.1, -0.05) is 0 Å². The molecule has 1 atom stereocenters. The molecule has 0 amide bonds. The van der Waals surface area contributed by atoms with Crippen molar-refractivity contribution in [2.24, 2.45) is 11.3 Å². The molecule has 0 saturated heterocycles. The van der Waals surface area contributed by atoms with E-state index in [2.05, 4.69) is 27.7 Å². The van der Waals surface area contributed by atoms with Gasteiger partial charge >= 0.3 is 115 Å². The molecule has 5 heteroatoms. The summed E-state index contributed by atoms with van der Waals surface area (Å²) in [7, 11) is 0. The minimum absolute atomic E-state index is 0.550. The molecule has 0 heterocycles. The molecular formula is C15H29NaO4. The van der Waals surface area contributed by atoms with E-state index < -0.39 is 18.4 Å². The maximum absolute atomic E-state index is 9.43. The van der Waals surface area contributed by atoms with Crippen LogP contribution in [0.5, 0.6) is 0 Å². The number of carboxylic acids is 2. The second-order valence-corrected chi connectivity index (χ2v) is 7.10. The van der Waals surface area contributed by atoms with Crippen molar-refractivity contribution >= 4 is 39.9 Å². The summed E-state index contributed by atoms with van der Waals surface area (Å²) >= 11 is 1.37. The smallest absolute Gasteiger partial charge is 0.314 e. The molecule has 0 radical (unpaired) electrons. The summed E-state index contributed by atoms with van der Waals surface area (Å²) in [6.07, 6.45) is 6.36. The van der Waals surface area contributed by atoms with E-state index in [0.29, 0.717) is 5.41 Å². The van der Waals surface area contributed by atoms with E-state index in [1.165, 1.54) is 63.7 Å². The van der Waals surface area contributed by atoms with Crippen LogP contribution < -0.4 is 0 Å². The zero-order valence-electron chi connectivity index (χ0n) is 13.7. The number of hydrogen-bond acceptors (Lipinski definition) is 2. The average Bonchev–Trinajstić information content (AvgIpc) is 2.26. The summed E-state index contributed by atoms with van der Waals surface area (Å²) in [6.45, 7) is 9.48. The van der Waals surface area contributed by atoms with Crippen molar-refractivity contribution in [1.29, 1.82) is 0 Å². The first-order valence-electron chi connectivity index (χ1n) is 7.58. The normalized spacial score (nSPS) is 12.3. The summed E-state index contributed by atoms with van der Waals surface area (Å²) in [4.78, 5) is 18.9. The van der Waals surface area contributed by atoms with E-state index in [-0.39, 0.29) is 0 Å². The molecule has 0 bridgehead atoms. The van der Waals surface area contributed by atoms with Crippen molar-refractivity contribution in [1.82, 2.24) is 0 Å². The SMILES string of the molecule is CCCCCCC([CH2][Na])C(C)(C)C.O=C(O)CC(=O)O. The molecule has 0 rings (SSSR count). The van der Waals surface area contributed by atoms with Gasteiger partial charge in [-0.2, -0.15) is 0 Å². The third-order valence-corrected chi connectivity index (χ3v) is 4.41. The van der Waals surface area contributed by atoms with Crippen LogP contribution in [0.25, 0.3) is 0 Å². The second-order valence-electron chi connectivity index (χ2n) is 6.28. The quantitative estimate of drug-likeness (QED) is 0.406. The Balaban J connectivity index is 0. The van der Waals surface area contributed by atoms with E-state index in [4.69, 9.17) is 10.2 Å². The molecule has 114 valence electrons. The Morgan fingerprint density at radius 1 is 1.05 bits per heavy atom. The summed E-state index contributed by atoms with van der Waals surface area (Å²) in [6, 6.07) is 0. The molecule has 0 aromatic carbocycles. The monoisotopic (exact) mass is 296 g/mol. The summed E-state index contributed by atoms with van der Waals surface area (Å²) in [5.41, 5.74) is 0.550. The van der Waals surface area contributed by atoms with Gasteiger partial charge in [0, 0.05) is 0 Å². The fraction of sp³-hybridized carbons (Fsp3) is 0.867. The van der Waals surface area contributed by atoms with Crippen LogP contribution in [0.1, 0.15) is 66.2 Å². The van der Waals surface area contributed by atoms with Crippen molar-refractivity contribution in [2.45, 2.75) is 69.9 Å². The van der Waals surface area contributed by atoms with E-state index in [0.717, 1.165) is 5.92 Å². The minimum atomic E-state index is -1.31. The standard InChI is InChI=1S/C12H25.C3H4O4.Na/c1-6-7-8-9-10-11(2)12(3,4)5;4-2(5)1-3(6)7;/h11H,2,6-10H2,1,3-5H3;1H2,(H,4,5)(H,6,7);. The Bertz CT molecular complexity index is 260. The molecule has 0 aliphatic rings. The zero-order chi connectivity index (χ0) is 16.2. The number of rotatable bonds is 8. The number of carboxylic acid groups (broad SMARTS) is 2. The van der Waals surface area contributed by atoms with Gasteiger partial charge in [0.05, 0.1) is 0 Å². The zero-order valence-corrected chi connectivity index (χ0v) is 15.7. The van der Waals surface area contributed by atoms with Crippen LogP contribution in [0.2, 0.25) is 3.67 Å². The van der Waals surface area contributed by atoms with Gasteiger partial charge in [-0.25, -0.2) is 0 Å². The summed E-state index contributed by atoms with van der Waals surface area (Å²) in [5.74, 6) is -1.64. The van der Waals surface area contributed by atoms with Gasteiger partial charge in [-0.3, -0.25) is 9.59 Å². The first kappa shape index (κ1) is 22.2. The predicted octanol–water partition coefficient (Wildman–Crippen LogP) is 3.75. The molecule has 0 fully saturated rings. The van der Waals surface area contributed by atoms with Gasteiger partial charge < -0.3 is 10.2 Å². The number of hydrogen-bond donors (Lipinski definition) is 2. The summed E-state index contributed by atoms with van der Waals surface area (Å²) in [5, 5.41) is 15.4. The molecule has 0 aromatic rings. The number of aliphatic carboxylic acids is 2. The molecule has 4 nitrogen and oxygen atoms in total. The summed E-state index contributed by atoms with van der Waals surface area (Å²) < 4.78 is 1.48. The van der Waals surface area contributed by atoms with Crippen LogP contribution in [0.4, 0.5) is 0 Å². The Hall–Kier alpha value is -0.0600. The Morgan fingerprint density at radius 3 is 1.80 bits per heavy atom. The maximum Gasteiger partial charge on any atom is 0.314 e. The van der Waals surface area contributed by atoms with Crippen LogP contribution >= 0.6 is 0 Å². The van der Waals surface area contributed by atoms with Crippen molar-refractivity contribution in [3.63, 3.8) is 0 Å². The molecule has 2 N–H and O–H groups in total. The molecule has 0 aliphatic heterocycles. The second kappa shape index (κ2) is 12.7. The van der Waals surface area contributed by atoms with Crippen LogP contribution in [-0.2, 0) is 9.59 Å². The van der Waals surface area contributed by atoms with Crippen LogP contribution in [0, 0.1) is 11.3 Å². The van der Waals surface area contributed by atoms with Crippen molar-refractivity contribution in [3.8, 4) is 0 Å². The molecule has 0 aliphatic carbocycles. The molecule has 20 heavy (non-hydrogen) atoms. The average molecular weight is 296 g/mol. The van der Waals surface area contributed by atoms with E-state index >= 15 is 0 Å². The first-order chi connectivity index (χ1) is 9.15. The fourth-order valence-corrected chi connectivity index (χ4v) is 3.83. The number of carbonyl (C=O) groups is 2. The van der Waals surface area contributed by atoms with Gasteiger partial charge in [-0.15, -0.1) is 0 Å². The van der Waals surface area contributed by atoms with Gasteiger partial charge in [0.1, 0.15) is 6.42 Å². The van der Waals surface area contributed by atoms with Crippen LogP contribution in [0.3, 0.4) is 0 Å². The predicted molar refractivity (Wildman–Crippen MR) is 82.2 cm³/mol. The van der Waals surface area contributed by atoms with Crippen LogP contribution in [-0.4, -0.2) is 50.1 Å². The Labute approximate surface area is 140 Å². The number of unbranched alkanes of at least 4 members (excludes halogenated alkanes) is 3. The van der Waals surface area contributed by atoms with Gasteiger partial charge in [0.2, 0.25) is 0 Å². The molecule has 1 unspecified atom stereocenters. The van der Waals surface area contributed by atoms with E-state index in [1.54, 1.807) is 0 Å². The molecule has 0 aromatic heterocycles.